The molecule has 0 aliphatic carbocycles. The van der Waals surface area contributed by atoms with Gasteiger partial charge in [-0.25, -0.2) is 0 Å². The maximum Gasteiger partial charge on any atom is 0.138 e. The van der Waals surface area contributed by atoms with Crippen molar-refractivity contribution in [3.63, 3.8) is 0 Å². The van der Waals surface area contributed by atoms with E-state index in [1.165, 1.54) is 10.8 Å². The van der Waals surface area contributed by atoms with Crippen LogP contribution in [0.25, 0.3) is 10.8 Å². The molecule has 0 radical (unpaired) electrons. The molecule has 1 unspecified atom stereocenters. The summed E-state index contributed by atoms with van der Waals surface area (Å²) in [6.07, 6.45) is 1.61. The Bertz CT molecular complexity index is 855. The van der Waals surface area contributed by atoms with Crippen LogP contribution in [-0.2, 0) is 6.42 Å². The Kier molecular flexibility index (Phi) is 4.68. The zero-order valence-electron chi connectivity index (χ0n) is 12.6. The topological polar surface area (TPSA) is 53.4 Å². The minimum absolute atomic E-state index is 0.349. The van der Waals surface area contributed by atoms with Crippen molar-refractivity contribution < 1.29 is 10.2 Å². The summed E-state index contributed by atoms with van der Waals surface area (Å²) in [5, 5.41) is 20.3. The Balaban J connectivity index is 1.81. The molecule has 0 amide bonds. The minimum Gasteiger partial charge on any atom is -0.393 e. The maximum atomic E-state index is 9.24. The molecule has 0 aliphatic heterocycles. The quantitative estimate of drug-likeness (QED) is 0.731. The van der Waals surface area contributed by atoms with Crippen molar-refractivity contribution >= 4 is 10.8 Å². The number of pyridine rings is 1. The molecule has 2 N–H and O–H groups in total. The Morgan fingerprint density at radius 3 is 2.57 bits per heavy atom. The first kappa shape index (κ1) is 15.2. The predicted octanol–water partition coefficient (Wildman–Crippen LogP) is 2.53. The smallest absolute Gasteiger partial charge is 0.138 e. The first-order valence-corrected chi connectivity index (χ1v) is 7.48. The number of fused-ring (bicyclic) bond motifs is 1. The van der Waals surface area contributed by atoms with Crippen LogP contribution < -0.4 is 0 Å². The molecule has 0 saturated heterocycles. The molecule has 3 nitrogen and oxygen atoms in total. The van der Waals surface area contributed by atoms with Gasteiger partial charge in [-0.2, -0.15) is 0 Å². The van der Waals surface area contributed by atoms with Crippen molar-refractivity contribution in [2.75, 3.05) is 6.61 Å². The van der Waals surface area contributed by atoms with Gasteiger partial charge >= 0.3 is 0 Å². The van der Waals surface area contributed by atoms with E-state index in [1.54, 1.807) is 0 Å². The molecule has 0 bridgehead atoms. The number of aromatic nitrogens is 1. The summed E-state index contributed by atoms with van der Waals surface area (Å²) < 4.78 is 0. The normalized spacial score (nSPS) is 11.7. The molecular weight excluding hydrogens is 286 g/mol. The zero-order chi connectivity index (χ0) is 16.1. The number of rotatable bonds is 3. The van der Waals surface area contributed by atoms with Gasteiger partial charge in [0.2, 0.25) is 0 Å². The largest absolute Gasteiger partial charge is 0.393 e. The second-order valence-corrected chi connectivity index (χ2v) is 5.32. The number of hydrogen-bond donors (Lipinski definition) is 2. The maximum absolute atomic E-state index is 9.24. The van der Waals surface area contributed by atoms with Crippen LogP contribution in [0.15, 0.2) is 60.8 Å². The van der Waals surface area contributed by atoms with Gasteiger partial charge in [-0.3, -0.25) is 4.98 Å². The molecule has 0 aliphatic rings. The van der Waals surface area contributed by atoms with Crippen LogP contribution in [0.2, 0.25) is 0 Å². The second kappa shape index (κ2) is 7.06. The van der Waals surface area contributed by atoms with Crippen molar-refractivity contribution in [3.8, 4) is 11.8 Å². The number of benzene rings is 2. The van der Waals surface area contributed by atoms with Crippen LogP contribution in [-0.4, -0.2) is 27.9 Å². The highest BCUT2D eigenvalue weighted by molar-refractivity contribution is 5.84. The predicted molar refractivity (Wildman–Crippen MR) is 91.0 cm³/mol. The van der Waals surface area contributed by atoms with Crippen molar-refractivity contribution in [2.45, 2.75) is 12.5 Å². The van der Waals surface area contributed by atoms with E-state index < -0.39 is 6.10 Å². The van der Waals surface area contributed by atoms with Gasteiger partial charge in [-0.05, 0) is 29.1 Å². The molecule has 0 spiro atoms. The van der Waals surface area contributed by atoms with Crippen molar-refractivity contribution in [2.24, 2.45) is 0 Å². The molecule has 0 fully saturated rings. The third kappa shape index (κ3) is 3.75. The van der Waals surface area contributed by atoms with Gasteiger partial charge in [-0.1, -0.05) is 48.2 Å². The van der Waals surface area contributed by atoms with Gasteiger partial charge in [0.05, 0.1) is 12.3 Å². The fourth-order valence-electron chi connectivity index (χ4n) is 2.43. The summed E-state index contributed by atoms with van der Waals surface area (Å²) in [7, 11) is 0. The van der Waals surface area contributed by atoms with Crippen molar-refractivity contribution in [1.29, 1.82) is 0 Å². The highest BCUT2D eigenvalue weighted by Crippen LogP contribution is 2.19. The second-order valence-electron chi connectivity index (χ2n) is 5.32. The molecule has 23 heavy (non-hydrogen) atoms. The number of hydrogen-bond acceptors (Lipinski definition) is 3. The average Bonchev–Trinajstić information content (AvgIpc) is 2.61. The van der Waals surface area contributed by atoms with E-state index in [-0.39, 0.29) is 6.61 Å². The molecular formula is C20H17NO2. The fraction of sp³-hybridized carbons (Fsp3) is 0.150. The summed E-state index contributed by atoms with van der Waals surface area (Å²) >= 11 is 0. The first-order chi connectivity index (χ1) is 11.3. The van der Waals surface area contributed by atoms with E-state index in [0.29, 0.717) is 0 Å². The average molecular weight is 303 g/mol. The van der Waals surface area contributed by atoms with E-state index in [2.05, 4.69) is 29.0 Å². The fourth-order valence-corrected chi connectivity index (χ4v) is 2.43. The van der Waals surface area contributed by atoms with Crippen molar-refractivity contribution in [1.82, 2.24) is 4.98 Å². The van der Waals surface area contributed by atoms with Crippen LogP contribution in [0.1, 0.15) is 16.8 Å². The monoisotopic (exact) mass is 303 g/mol. The van der Waals surface area contributed by atoms with E-state index in [4.69, 9.17) is 5.11 Å². The van der Waals surface area contributed by atoms with Crippen LogP contribution >= 0.6 is 0 Å². The van der Waals surface area contributed by atoms with Gasteiger partial charge in [0.15, 0.2) is 0 Å². The Hall–Kier alpha value is -2.67. The Morgan fingerprint density at radius 1 is 1.00 bits per heavy atom. The SMILES string of the molecule is OCC(O)C#Cc1ccc(Cc2nccc3ccccc23)cc1. The lowest BCUT2D eigenvalue weighted by atomic mass is 10.0. The number of aliphatic hydroxyl groups excluding tert-OH is 2. The summed E-state index contributed by atoms with van der Waals surface area (Å²) in [6, 6.07) is 18.1. The van der Waals surface area contributed by atoms with Gasteiger partial charge in [-0.15, -0.1) is 0 Å². The van der Waals surface area contributed by atoms with Crippen LogP contribution in [0, 0.1) is 11.8 Å². The van der Waals surface area contributed by atoms with Crippen LogP contribution in [0.5, 0.6) is 0 Å². The van der Waals surface area contributed by atoms with Crippen LogP contribution in [0.3, 0.4) is 0 Å². The molecule has 1 atom stereocenters. The molecule has 0 saturated carbocycles. The molecule has 3 heteroatoms. The highest BCUT2D eigenvalue weighted by atomic mass is 16.3. The molecule has 2 aromatic carbocycles. The lowest BCUT2D eigenvalue weighted by molar-refractivity contribution is 0.138. The highest BCUT2D eigenvalue weighted by Gasteiger charge is 2.03. The summed E-state index contributed by atoms with van der Waals surface area (Å²) in [4.78, 5) is 4.51. The third-order valence-corrected chi connectivity index (χ3v) is 3.64. The molecule has 114 valence electrons. The molecule has 1 aromatic heterocycles. The lowest BCUT2D eigenvalue weighted by Gasteiger charge is -2.06. The molecule has 3 aromatic rings. The zero-order valence-corrected chi connectivity index (χ0v) is 12.6. The standard InChI is InChI=1S/C20H17NO2/c22-14-18(23)10-9-15-5-7-16(8-6-15)13-20-19-4-2-1-3-17(19)11-12-21-20/h1-8,11-12,18,22-23H,13-14H2. The Labute approximate surface area is 135 Å². The molecule has 3 rings (SSSR count). The first-order valence-electron chi connectivity index (χ1n) is 7.48. The van der Waals surface area contributed by atoms with Crippen molar-refractivity contribution in [3.05, 3.63) is 77.6 Å². The third-order valence-electron chi connectivity index (χ3n) is 3.64. The van der Waals surface area contributed by atoms with Gasteiger partial charge < -0.3 is 10.2 Å². The van der Waals surface area contributed by atoms with Gasteiger partial charge in [0.25, 0.3) is 0 Å². The van der Waals surface area contributed by atoms with E-state index >= 15 is 0 Å². The molecule has 1 heterocycles. The van der Waals surface area contributed by atoms with Gasteiger partial charge in [0.1, 0.15) is 6.10 Å². The minimum atomic E-state index is -0.991. The lowest BCUT2D eigenvalue weighted by Crippen LogP contribution is -2.07. The summed E-state index contributed by atoms with van der Waals surface area (Å²) in [6.45, 7) is -0.349. The Morgan fingerprint density at radius 2 is 1.78 bits per heavy atom. The summed E-state index contributed by atoms with van der Waals surface area (Å²) in [5.74, 6) is 5.43. The van der Waals surface area contributed by atoms with E-state index in [1.807, 2.05) is 48.7 Å². The summed E-state index contributed by atoms with van der Waals surface area (Å²) in [5.41, 5.74) is 3.02. The van der Waals surface area contributed by atoms with Gasteiger partial charge in [0, 0.05) is 23.6 Å². The number of nitrogens with zero attached hydrogens (tertiary/aromatic N) is 1. The number of aliphatic hydroxyl groups is 2. The van der Waals surface area contributed by atoms with Crippen LogP contribution in [0.4, 0.5) is 0 Å². The van der Waals surface area contributed by atoms with E-state index in [0.717, 1.165) is 23.2 Å². The van der Waals surface area contributed by atoms with E-state index in [9.17, 15) is 5.11 Å².